The first-order valence-electron chi connectivity index (χ1n) is 15.6. The third-order valence-corrected chi connectivity index (χ3v) is 8.85. The second kappa shape index (κ2) is 14.2. The summed E-state index contributed by atoms with van der Waals surface area (Å²) in [5.74, 6) is -1.34. The van der Waals surface area contributed by atoms with Gasteiger partial charge >= 0.3 is 0 Å². The van der Waals surface area contributed by atoms with E-state index in [0.717, 1.165) is 35.4 Å². The van der Waals surface area contributed by atoms with Crippen LogP contribution in [0.3, 0.4) is 0 Å². The fraction of sp³-hybridized carbons (Fsp3) is 0.389. The number of rotatable bonds is 13. The Labute approximate surface area is 258 Å². The molecule has 5 rings (SSSR count). The summed E-state index contributed by atoms with van der Waals surface area (Å²) >= 11 is 0. The molecule has 8 nitrogen and oxygen atoms in total. The smallest absolute Gasteiger partial charge is 0.238 e. The predicted octanol–water partition coefficient (Wildman–Crippen LogP) is 6.36. The van der Waals surface area contributed by atoms with Crippen LogP contribution in [0.15, 0.2) is 87.9 Å². The van der Waals surface area contributed by atoms with Crippen molar-refractivity contribution in [2.24, 2.45) is 17.8 Å². The van der Waals surface area contributed by atoms with Gasteiger partial charge in [-0.3, -0.25) is 14.5 Å². The number of nitrogens with zero attached hydrogens (tertiary/aromatic N) is 1. The molecule has 0 spiro atoms. The molecule has 1 aliphatic heterocycles. The average Bonchev–Trinajstić information content (AvgIpc) is 3.60. The Morgan fingerprint density at radius 3 is 2.34 bits per heavy atom. The van der Waals surface area contributed by atoms with Gasteiger partial charge in [0.25, 0.3) is 0 Å². The molecular formula is C36H42N2O6. The molecule has 1 saturated heterocycles. The summed E-state index contributed by atoms with van der Waals surface area (Å²) in [6.45, 7) is 3.60. The normalized spacial score (nSPS) is 21.2. The number of allylic oxidation sites excluding steroid dienone is 2. The lowest BCUT2D eigenvalue weighted by Crippen LogP contribution is -2.39. The number of amides is 2. The van der Waals surface area contributed by atoms with Crippen molar-refractivity contribution in [2.45, 2.75) is 65.1 Å². The van der Waals surface area contributed by atoms with E-state index in [4.69, 9.17) is 4.42 Å². The third kappa shape index (κ3) is 6.58. The van der Waals surface area contributed by atoms with E-state index >= 15 is 0 Å². The quantitative estimate of drug-likeness (QED) is 0.133. The van der Waals surface area contributed by atoms with E-state index in [0.29, 0.717) is 48.5 Å². The minimum Gasteiger partial charge on any atom is -0.459 e. The second-order valence-electron chi connectivity index (χ2n) is 11.7. The third-order valence-electron chi connectivity index (χ3n) is 8.85. The molecule has 4 N–H and O–H groups in total. The Morgan fingerprint density at radius 2 is 1.70 bits per heavy atom. The number of carbonyl (C=O) groups is 2. The zero-order valence-electron chi connectivity index (χ0n) is 25.4. The molecule has 1 fully saturated rings. The first-order chi connectivity index (χ1) is 21.4. The summed E-state index contributed by atoms with van der Waals surface area (Å²) in [6.07, 6.45) is 4.92. The first-order valence-corrected chi connectivity index (χ1v) is 15.6. The van der Waals surface area contributed by atoms with Gasteiger partial charge in [-0.15, -0.1) is 0 Å². The van der Waals surface area contributed by atoms with Crippen molar-refractivity contribution in [3.8, 4) is 0 Å². The Kier molecular flexibility index (Phi) is 10.1. The number of nitrogens with one attached hydrogen (secondary N) is 1. The fourth-order valence-electron chi connectivity index (χ4n) is 6.76. The minimum absolute atomic E-state index is 0.163. The number of anilines is 3. The SMILES string of the molecule is CCC/C(=C\c1ccc(CO)o1)CC[C@@H](O)C1=C(CC)C[C@H]2C(=O)N(c3ccc(Nc4ccccc4)cc3)C(=O)[C@H]2[C@H]1CO. The van der Waals surface area contributed by atoms with E-state index in [1.165, 1.54) is 4.90 Å². The number of aliphatic hydroxyl groups excluding tert-OH is 3. The highest BCUT2D eigenvalue weighted by Gasteiger charge is 2.55. The van der Waals surface area contributed by atoms with Gasteiger partial charge in [0.2, 0.25) is 11.8 Å². The van der Waals surface area contributed by atoms with E-state index in [2.05, 4.69) is 12.2 Å². The molecule has 2 heterocycles. The van der Waals surface area contributed by atoms with E-state index in [1.54, 1.807) is 18.2 Å². The first kappa shape index (κ1) is 31.4. The van der Waals surface area contributed by atoms with E-state index in [9.17, 15) is 24.9 Å². The van der Waals surface area contributed by atoms with Gasteiger partial charge in [-0.2, -0.15) is 0 Å². The lowest BCUT2D eigenvalue weighted by atomic mass is 9.67. The van der Waals surface area contributed by atoms with E-state index < -0.39 is 23.9 Å². The summed E-state index contributed by atoms with van der Waals surface area (Å²) in [5.41, 5.74) is 5.04. The van der Waals surface area contributed by atoms with E-state index in [1.807, 2.05) is 61.5 Å². The number of carbonyl (C=O) groups excluding carboxylic acids is 2. The van der Waals surface area contributed by atoms with Gasteiger partial charge in [-0.05, 0) is 92.3 Å². The summed E-state index contributed by atoms with van der Waals surface area (Å²) in [4.78, 5) is 28.8. The standard InChI is InChI=1S/C36H42N2O6/c1-3-8-23(19-28-16-17-29(21-39)44-28)11-18-32(41)33-24(4-2)20-30-34(31(33)22-40)36(43)38(35(30)42)27-14-12-26(13-15-27)37-25-9-6-5-7-10-25/h5-7,9-10,12-17,19,30-32,34,37,39-41H,3-4,8,11,18,20-22H2,1-2H3/b23-19+/t30-,31+,32-,34-/m1/s1. The molecule has 232 valence electrons. The van der Waals surface area contributed by atoms with Crippen LogP contribution in [-0.4, -0.2) is 39.8 Å². The van der Waals surface area contributed by atoms with Gasteiger partial charge in [0.05, 0.1) is 30.2 Å². The van der Waals surface area contributed by atoms with Crippen molar-refractivity contribution in [3.05, 3.63) is 95.0 Å². The van der Waals surface area contributed by atoms with E-state index in [-0.39, 0.29) is 25.0 Å². The number of furan rings is 1. The molecule has 3 aromatic rings. The molecule has 4 atom stereocenters. The maximum Gasteiger partial charge on any atom is 0.238 e. The maximum atomic E-state index is 13.9. The van der Waals surface area contributed by atoms with Crippen LogP contribution in [0.25, 0.3) is 6.08 Å². The molecule has 0 saturated carbocycles. The Hall–Kier alpha value is -3.98. The average molecular weight is 599 g/mol. The maximum absolute atomic E-state index is 13.9. The number of aliphatic hydroxyl groups is 3. The number of fused-ring (bicyclic) bond motifs is 1. The molecule has 1 aromatic heterocycles. The van der Waals surface area contributed by atoms with Gasteiger partial charge in [0.15, 0.2) is 0 Å². The molecule has 2 aromatic carbocycles. The lowest BCUT2D eigenvalue weighted by Gasteiger charge is -2.36. The largest absolute Gasteiger partial charge is 0.459 e. The van der Waals surface area contributed by atoms with Crippen LogP contribution < -0.4 is 10.2 Å². The van der Waals surface area contributed by atoms with Crippen LogP contribution in [0.1, 0.15) is 63.9 Å². The van der Waals surface area contributed by atoms with Crippen molar-refractivity contribution in [2.75, 3.05) is 16.8 Å². The predicted molar refractivity (Wildman–Crippen MR) is 171 cm³/mol. The zero-order chi connectivity index (χ0) is 31.2. The number of para-hydroxylation sites is 1. The molecule has 0 unspecified atom stereocenters. The number of imide groups is 1. The van der Waals surface area contributed by atoms with Crippen molar-refractivity contribution >= 4 is 35.0 Å². The monoisotopic (exact) mass is 598 g/mol. The summed E-state index contributed by atoms with van der Waals surface area (Å²) in [5, 5.41) is 34.8. The Morgan fingerprint density at radius 1 is 0.977 bits per heavy atom. The van der Waals surface area contributed by atoms with Crippen molar-refractivity contribution < 1.29 is 29.3 Å². The minimum atomic E-state index is -0.854. The number of hydrogen-bond donors (Lipinski definition) is 4. The molecule has 0 radical (unpaired) electrons. The van der Waals surface area contributed by atoms with Crippen LogP contribution >= 0.6 is 0 Å². The second-order valence-corrected chi connectivity index (χ2v) is 11.7. The highest BCUT2D eigenvalue weighted by molar-refractivity contribution is 6.22. The summed E-state index contributed by atoms with van der Waals surface area (Å²) < 4.78 is 5.64. The van der Waals surface area contributed by atoms with Crippen molar-refractivity contribution in [1.29, 1.82) is 0 Å². The summed E-state index contributed by atoms with van der Waals surface area (Å²) in [7, 11) is 0. The summed E-state index contributed by atoms with van der Waals surface area (Å²) in [6, 6.07) is 20.5. The van der Waals surface area contributed by atoms with Crippen molar-refractivity contribution in [1.82, 2.24) is 0 Å². The van der Waals surface area contributed by atoms with Crippen LogP contribution in [0.5, 0.6) is 0 Å². The highest BCUT2D eigenvalue weighted by atomic mass is 16.4. The molecule has 44 heavy (non-hydrogen) atoms. The highest BCUT2D eigenvalue weighted by Crippen LogP contribution is 2.48. The van der Waals surface area contributed by atoms with Crippen LogP contribution in [0.4, 0.5) is 17.1 Å². The molecule has 1 aliphatic carbocycles. The zero-order valence-corrected chi connectivity index (χ0v) is 25.4. The Bertz CT molecular complexity index is 1510. The van der Waals surface area contributed by atoms with Gasteiger partial charge in [0.1, 0.15) is 18.1 Å². The van der Waals surface area contributed by atoms with Gasteiger partial charge in [-0.25, -0.2) is 0 Å². The van der Waals surface area contributed by atoms with Crippen LogP contribution in [0, 0.1) is 17.8 Å². The van der Waals surface area contributed by atoms with Gasteiger partial charge in [0, 0.05) is 17.3 Å². The molecule has 8 heteroatoms. The topological polar surface area (TPSA) is 123 Å². The lowest BCUT2D eigenvalue weighted by molar-refractivity contribution is -0.123. The fourth-order valence-corrected chi connectivity index (χ4v) is 6.76. The van der Waals surface area contributed by atoms with Crippen LogP contribution in [0.2, 0.25) is 0 Å². The number of benzene rings is 2. The molecule has 2 aliphatic rings. The van der Waals surface area contributed by atoms with Crippen molar-refractivity contribution in [3.63, 3.8) is 0 Å². The Balaban J connectivity index is 1.33. The molecule has 0 bridgehead atoms. The van der Waals surface area contributed by atoms with Crippen LogP contribution in [-0.2, 0) is 16.2 Å². The van der Waals surface area contributed by atoms with Gasteiger partial charge < -0.3 is 25.1 Å². The van der Waals surface area contributed by atoms with Gasteiger partial charge in [-0.1, -0.05) is 49.6 Å². The molecular weight excluding hydrogens is 556 g/mol. The number of hydrogen-bond acceptors (Lipinski definition) is 7. The molecule has 2 amide bonds.